The Hall–Kier alpha value is -2.57. The number of carbonyl (C=O) groups excluding carboxylic acids is 1. The number of amides is 1. The maximum atomic E-state index is 11.6. The number of carbonyl (C=O) groups is 1. The zero-order chi connectivity index (χ0) is 20.5. The lowest BCUT2D eigenvalue weighted by atomic mass is 10.2. The maximum absolute atomic E-state index is 11.6. The predicted octanol–water partition coefficient (Wildman–Crippen LogP) is 2.56. The summed E-state index contributed by atoms with van der Waals surface area (Å²) in [5, 5.41) is 10.2. The van der Waals surface area contributed by atoms with Gasteiger partial charge in [-0.15, -0.1) is 0 Å². The predicted molar refractivity (Wildman–Crippen MR) is 112 cm³/mol. The van der Waals surface area contributed by atoms with E-state index in [2.05, 4.69) is 4.90 Å². The average Bonchev–Trinajstić information content (AvgIpc) is 3.13. The SMILES string of the molecule is CN(Cc1ccc(OCCN2CCCC2=O)cc1)C[C@H](O)COc1ccccc1. The van der Waals surface area contributed by atoms with Crippen LogP contribution in [0.15, 0.2) is 54.6 Å². The van der Waals surface area contributed by atoms with Crippen molar-refractivity contribution in [2.45, 2.75) is 25.5 Å². The summed E-state index contributed by atoms with van der Waals surface area (Å²) in [4.78, 5) is 15.5. The van der Waals surface area contributed by atoms with Crippen LogP contribution in [0.5, 0.6) is 11.5 Å². The lowest BCUT2D eigenvalue weighted by Gasteiger charge is -2.21. The fourth-order valence-corrected chi connectivity index (χ4v) is 3.40. The van der Waals surface area contributed by atoms with Gasteiger partial charge in [-0.25, -0.2) is 0 Å². The molecule has 1 saturated heterocycles. The summed E-state index contributed by atoms with van der Waals surface area (Å²) in [5.41, 5.74) is 1.14. The van der Waals surface area contributed by atoms with Crippen LogP contribution in [0.25, 0.3) is 0 Å². The molecular formula is C23H30N2O4. The molecule has 29 heavy (non-hydrogen) atoms. The van der Waals surface area contributed by atoms with E-state index in [9.17, 15) is 9.90 Å². The van der Waals surface area contributed by atoms with E-state index in [0.29, 0.717) is 26.1 Å². The molecule has 0 saturated carbocycles. The van der Waals surface area contributed by atoms with E-state index in [1.807, 2.05) is 66.5 Å². The summed E-state index contributed by atoms with van der Waals surface area (Å²) in [7, 11) is 1.98. The number of benzene rings is 2. The van der Waals surface area contributed by atoms with E-state index in [1.165, 1.54) is 0 Å². The lowest BCUT2D eigenvalue weighted by molar-refractivity contribution is -0.128. The van der Waals surface area contributed by atoms with Crippen molar-refractivity contribution in [1.82, 2.24) is 9.80 Å². The molecule has 1 aliphatic rings. The van der Waals surface area contributed by atoms with Crippen LogP contribution in [0.3, 0.4) is 0 Å². The summed E-state index contributed by atoms with van der Waals surface area (Å²) >= 11 is 0. The topological polar surface area (TPSA) is 62.2 Å². The number of hydrogen-bond acceptors (Lipinski definition) is 5. The van der Waals surface area contributed by atoms with Gasteiger partial charge in [0.25, 0.3) is 0 Å². The third-order valence-electron chi connectivity index (χ3n) is 4.89. The van der Waals surface area contributed by atoms with Gasteiger partial charge in [0.05, 0.1) is 6.54 Å². The minimum Gasteiger partial charge on any atom is -0.492 e. The highest BCUT2D eigenvalue weighted by Gasteiger charge is 2.19. The van der Waals surface area contributed by atoms with Crippen molar-refractivity contribution >= 4 is 5.91 Å². The van der Waals surface area contributed by atoms with Crippen molar-refractivity contribution in [3.05, 3.63) is 60.2 Å². The van der Waals surface area contributed by atoms with Gasteiger partial charge in [-0.05, 0) is 43.3 Å². The van der Waals surface area contributed by atoms with Crippen LogP contribution in [0, 0.1) is 0 Å². The molecular weight excluding hydrogens is 368 g/mol. The van der Waals surface area contributed by atoms with E-state index >= 15 is 0 Å². The van der Waals surface area contributed by atoms with Crippen LogP contribution in [-0.4, -0.2) is 66.8 Å². The second kappa shape index (κ2) is 10.8. The number of likely N-dealkylation sites (tertiary alicyclic amines) is 1. The Bertz CT molecular complexity index is 751. The Morgan fingerprint density at radius 3 is 2.48 bits per heavy atom. The largest absolute Gasteiger partial charge is 0.492 e. The van der Waals surface area contributed by atoms with Gasteiger partial charge < -0.3 is 19.5 Å². The third kappa shape index (κ3) is 7.07. The number of hydrogen-bond donors (Lipinski definition) is 1. The molecule has 2 aromatic carbocycles. The molecule has 3 rings (SSSR count). The number of nitrogens with zero attached hydrogens (tertiary/aromatic N) is 2. The zero-order valence-corrected chi connectivity index (χ0v) is 17.0. The minimum atomic E-state index is -0.559. The first kappa shape index (κ1) is 21.1. The average molecular weight is 399 g/mol. The fourth-order valence-electron chi connectivity index (χ4n) is 3.40. The number of ether oxygens (including phenoxy) is 2. The molecule has 156 valence electrons. The van der Waals surface area contributed by atoms with Gasteiger partial charge >= 0.3 is 0 Å². The Labute approximate surface area is 172 Å². The van der Waals surface area contributed by atoms with Crippen molar-refractivity contribution in [1.29, 1.82) is 0 Å². The molecule has 1 aliphatic heterocycles. The molecule has 1 N–H and O–H groups in total. The molecule has 0 aromatic heterocycles. The highest BCUT2D eigenvalue weighted by Crippen LogP contribution is 2.15. The maximum Gasteiger partial charge on any atom is 0.222 e. The summed E-state index contributed by atoms with van der Waals surface area (Å²) < 4.78 is 11.3. The Morgan fingerprint density at radius 1 is 1.07 bits per heavy atom. The van der Waals surface area contributed by atoms with E-state index in [0.717, 1.165) is 36.6 Å². The molecule has 0 radical (unpaired) electrons. The van der Waals surface area contributed by atoms with Crippen molar-refractivity contribution in [2.24, 2.45) is 0 Å². The van der Waals surface area contributed by atoms with Gasteiger partial charge in [0, 0.05) is 26.1 Å². The van der Waals surface area contributed by atoms with Crippen LogP contribution in [0.4, 0.5) is 0 Å². The van der Waals surface area contributed by atoms with E-state index in [4.69, 9.17) is 9.47 Å². The zero-order valence-electron chi connectivity index (χ0n) is 17.0. The highest BCUT2D eigenvalue weighted by atomic mass is 16.5. The summed E-state index contributed by atoms with van der Waals surface area (Å²) in [6, 6.07) is 17.5. The van der Waals surface area contributed by atoms with Gasteiger partial charge in [-0.1, -0.05) is 30.3 Å². The first-order valence-corrected chi connectivity index (χ1v) is 10.1. The first-order valence-electron chi connectivity index (χ1n) is 10.1. The quantitative estimate of drug-likeness (QED) is 0.630. The second-order valence-electron chi connectivity index (χ2n) is 7.45. The molecule has 0 aliphatic carbocycles. The van der Waals surface area contributed by atoms with Crippen LogP contribution >= 0.6 is 0 Å². The van der Waals surface area contributed by atoms with Gasteiger partial charge in [0.15, 0.2) is 0 Å². The second-order valence-corrected chi connectivity index (χ2v) is 7.45. The van der Waals surface area contributed by atoms with Crippen LogP contribution in [0.2, 0.25) is 0 Å². The van der Waals surface area contributed by atoms with Crippen molar-refractivity contribution in [2.75, 3.05) is 39.9 Å². The van der Waals surface area contributed by atoms with Gasteiger partial charge in [-0.2, -0.15) is 0 Å². The first-order chi connectivity index (χ1) is 14.1. The number of para-hydroxylation sites is 1. The standard InChI is InChI=1S/C23H30N2O4/c1-24(17-20(26)18-29-21-6-3-2-4-7-21)16-19-9-11-22(12-10-19)28-15-14-25-13-5-8-23(25)27/h2-4,6-7,9-12,20,26H,5,8,13-18H2,1H3/t20-/m0/s1. The van der Waals surface area contributed by atoms with Crippen LogP contribution in [-0.2, 0) is 11.3 Å². The third-order valence-corrected chi connectivity index (χ3v) is 4.89. The molecule has 1 amide bonds. The number of likely N-dealkylation sites (N-methyl/N-ethyl adjacent to an activating group) is 1. The lowest BCUT2D eigenvalue weighted by Crippen LogP contribution is -2.32. The molecule has 1 atom stereocenters. The Balaban J connectivity index is 1.35. The van der Waals surface area contributed by atoms with Crippen LogP contribution in [0.1, 0.15) is 18.4 Å². The van der Waals surface area contributed by atoms with Crippen molar-refractivity contribution in [3.8, 4) is 11.5 Å². The number of aliphatic hydroxyl groups is 1. The molecule has 0 unspecified atom stereocenters. The summed E-state index contributed by atoms with van der Waals surface area (Å²) in [5.74, 6) is 1.79. The number of aliphatic hydroxyl groups excluding tert-OH is 1. The number of rotatable bonds is 11. The van der Waals surface area contributed by atoms with Crippen LogP contribution < -0.4 is 9.47 Å². The molecule has 0 spiro atoms. The molecule has 2 aromatic rings. The van der Waals surface area contributed by atoms with Gasteiger partial charge in [-0.3, -0.25) is 9.69 Å². The fraction of sp³-hybridized carbons (Fsp3) is 0.435. The Morgan fingerprint density at radius 2 is 1.79 bits per heavy atom. The highest BCUT2D eigenvalue weighted by molar-refractivity contribution is 5.78. The van der Waals surface area contributed by atoms with Crippen molar-refractivity contribution in [3.63, 3.8) is 0 Å². The normalized spacial score (nSPS) is 15.0. The van der Waals surface area contributed by atoms with E-state index in [1.54, 1.807) is 0 Å². The molecule has 1 heterocycles. The summed E-state index contributed by atoms with van der Waals surface area (Å²) in [6.45, 7) is 3.52. The monoisotopic (exact) mass is 398 g/mol. The Kier molecular flexibility index (Phi) is 7.90. The van der Waals surface area contributed by atoms with Crippen molar-refractivity contribution < 1.29 is 19.4 Å². The molecule has 6 heteroatoms. The minimum absolute atomic E-state index is 0.225. The van der Waals surface area contributed by atoms with E-state index < -0.39 is 6.10 Å². The molecule has 6 nitrogen and oxygen atoms in total. The van der Waals surface area contributed by atoms with Gasteiger partial charge in [0.1, 0.15) is 30.8 Å². The van der Waals surface area contributed by atoms with E-state index in [-0.39, 0.29) is 12.5 Å². The molecule has 1 fully saturated rings. The smallest absolute Gasteiger partial charge is 0.222 e. The summed E-state index contributed by atoms with van der Waals surface area (Å²) in [6.07, 6.45) is 1.06. The van der Waals surface area contributed by atoms with Gasteiger partial charge in [0.2, 0.25) is 5.91 Å². The molecule has 0 bridgehead atoms.